The molecule has 110 valence electrons. The minimum Gasteiger partial charge on any atom is -0.478 e. The number of anilines is 1. The Morgan fingerprint density at radius 3 is 2.75 bits per heavy atom. The summed E-state index contributed by atoms with van der Waals surface area (Å²) in [4.78, 5) is 12.9. The molecule has 0 atom stereocenters. The van der Waals surface area contributed by atoms with Crippen LogP contribution in [0.15, 0.2) is 24.3 Å². The molecule has 1 N–H and O–H groups in total. The van der Waals surface area contributed by atoms with Gasteiger partial charge in [-0.05, 0) is 44.5 Å². The van der Waals surface area contributed by atoms with Gasteiger partial charge in [-0.25, -0.2) is 4.79 Å². The molecular formula is C16H23NO3. The maximum absolute atomic E-state index is 10.7. The van der Waals surface area contributed by atoms with Crippen molar-refractivity contribution in [2.24, 2.45) is 0 Å². The van der Waals surface area contributed by atoms with Gasteiger partial charge in [-0.15, -0.1) is 0 Å². The van der Waals surface area contributed by atoms with Crippen molar-refractivity contribution in [3.8, 4) is 0 Å². The zero-order valence-corrected chi connectivity index (χ0v) is 12.4. The molecule has 0 aromatic heterocycles. The van der Waals surface area contributed by atoms with Gasteiger partial charge in [0.15, 0.2) is 0 Å². The highest BCUT2D eigenvalue weighted by Gasteiger charge is 2.08. The number of rotatable bonds is 8. The predicted octanol–water partition coefficient (Wildman–Crippen LogP) is 2.96. The molecule has 0 saturated heterocycles. The van der Waals surface area contributed by atoms with Gasteiger partial charge in [0.2, 0.25) is 0 Å². The quantitative estimate of drug-likeness (QED) is 0.586. The standard InChI is InChI=1S/C16H23NO3/c1-4-17(10-11-20-5-2)15-8-6-13(3)12-14(15)7-9-16(18)19/h6-9,12H,4-5,10-11H2,1-3H3,(H,18,19)/b9-7+. The van der Waals surface area contributed by atoms with Crippen molar-refractivity contribution in [3.05, 3.63) is 35.4 Å². The number of aryl methyl sites for hydroxylation is 1. The fourth-order valence-corrected chi connectivity index (χ4v) is 2.02. The van der Waals surface area contributed by atoms with Crippen LogP contribution in [0.25, 0.3) is 6.08 Å². The van der Waals surface area contributed by atoms with Gasteiger partial charge in [-0.1, -0.05) is 11.6 Å². The number of carboxylic acid groups (broad SMARTS) is 1. The van der Waals surface area contributed by atoms with Crippen molar-refractivity contribution in [1.82, 2.24) is 0 Å². The molecule has 4 heteroatoms. The van der Waals surface area contributed by atoms with Crippen LogP contribution in [-0.2, 0) is 9.53 Å². The van der Waals surface area contributed by atoms with E-state index in [9.17, 15) is 4.79 Å². The highest BCUT2D eigenvalue weighted by molar-refractivity contribution is 5.87. The molecule has 0 amide bonds. The van der Waals surface area contributed by atoms with E-state index in [0.717, 1.165) is 29.9 Å². The maximum atomic E-state index is 10.7. The van der Waals surface area contributed by atoms with Gasteiger partial charge in [0.25, 0.3) is 0 Å². The smallest absolute Gasteiger partial charge is 0.328 e. The van der Waals surface area contributed by atoms with E-state index in [2.05, 4.69) is 11.8 Å². The van der Waals surface area contributed by atoms with Crippen molar-refractivity contribution < 1.29 is 14.6 Å². The van der Waals surface area contributed by atoms with Crippen LogP contribution in [0.5, 0.6) is 0 Å². The third kappa shape index (κ3) is 5.05. The summed E-state index contributed by atoms with van der Waals surface area (Å²) in [5.74, 6) is -0.935. The van der Waals surface area contributed by atoms with Crippen molar-refractivity contribution in [2.45, 2.75) is 20.8 Å². The Labute approximate surface area is 120 Å². The van der Waals surface area contributed by atoms with Gasteiger partial charge >= 0.3 is 5.97 Å². The molecule has 0 radical (unpaired) electrons. The van der Waals surface area contributed by atoms with Gasteiger partial charge in [0.1, 0.15) is 0 Å². The summed E-state index contributed by atoms with van der Waals surface area (Å²) in [6, 6.07) is 6.07. The highest BCUT2D eigenvalue weighted by Crippen LogP contribution is 2.23. The van der Waals surface area contributed by atoms with Crippen molar-refractivity contribution in [2.75, 3.05) is 31.2 Å². The van der Waals surface area contributed by atoms with E-state index in [1.165, 1.54) is 6.08 Å². The van der Waals surface area contributed by atoms with E-state index in [0.29, 0.717) is 13.2 Å². The summed E-state index contributed by atoms with van der Waals surface area (Å²) in [5, 5.41) is 8.78. The Hall–Kier alpha value is -1.81. The summed E-state index contributed by atoms with van der Waals surface area (Å²) in [7, 11) is 0. The van der Waals surface area contributed by atoms with E-state index < -0.39 is 5.97 Å². The molecule has 0 aliphatic rings. The molecule has 20 heavy (non-hydrogen) atoms. The van der Waals surface area contributed by atoms with Crippen LogP contribution < -0.4 is 4.90 Å². The molecule has 0 spiro atoms. The molecule has 0 aliphatic carbocycles. The second-order valence-corrected chi connectivity index (χ2v) is 4.51. The number of benzene rings is 1. The first-order chi connectivity index (χ1) is 9.58. The third-order valence-electron chi connectivity index (χ3n) is 3.02. The minimum atomic E-state index is -0.935. The Morgan fingerprint density at radius 2 is 2.15 bits per heavy atom. The van der Waals surface area contributed by atoms with Crippen LogP contribution in [-0.4, -0.2) is 37.4 Å². The normalized spacial score (nSPS) is 10.9. The first-order valence-corrected chi connectivity index (χ1v) is 6.92. The van der Waals surface area contributed by atoms with Crippen molar-refractivity contribution in [1.29, 1.82) is 0 Å². The molecular weight excluding hydrogens is 254 g/mol. The molecule has 1 rings (SSSR count). The van der Waals surface area contributed by atoms with Crippen LogP contribution in [0.1, 0.15) is 25.0 Å². The Balaban J connectivity index is 2.98. The largest absolute Gasteiger partial charge is 0.478 e. The lowest BCUT2D eigenvalue weighted by Gasteiger charge is -2.25. The molecule has 0 bridgehead atoms. The molecule has 0 unspecified atom stereocenters. The van der Waals surface area contributed by atoms with Crippen LogP contribution in [0, 0.1) is 6.92 Å². The number of aliphatic carboxylic acids is 1. The Bertz CT molecular complexity index is 469. The minimum absolute atomic E-state index is 0.667. The first-order valence-electron chi connectivity index (χ1n) is 6.92. The molecule has 1 aromatic rings. The Kier molecular flexibility index (Phi) is 6.81. The zero-order valence-electron chi connectivity index (χ0n) is 12.4. The molecule has 0 aliphatic heterocycles. The monoisotopic (exact) mass is 277 g/mol. The van der Waals surface area contributed by atoms with Gasteiger partial charge in [0.05, 0.1) is 6.61 Å². The summed E-state index contributed by atoms with van der Waals surface area (Å²) in [6.07, 6.45) is 2.82. The summed E-state index contributed by atoms with van der Waals surface area (Å²) in [5.41, 5.74) is 3.07. The topological polar surface area (TPSA) is 49.8 Å². The average molecular weight is 277 g/mol. The number of carboxylic acids is 1. The summed E-state index contributed by atoms with van der Waals surface area (Å²) >= 11 is 0. The molecule has 4 nitrogen and oxygen atoms in total. The second-order valence-electron chi connectivity index (χ2n) is 4.51. The number of nitrogens with zero attached hydrogens (tertiary/aromatic N) is 1. The predicted molar refractivity (Wildman–Crippen MR) is 82.2 cm³/mol. The number of hydrogen-bond acceptors (Lipinski definition) is 3. The highest BCUT2D eigenvalue weighted by atomic mass is 16.5. The second kappa shape index (κ2) is 8.38. The lowest BCUT2D eigenvalue weighted by Crippen LogP contribution is -2.27. The number of ether oxygens (including phenoxy) is 1. The van der Waals surface area contributed by atoms with Crippen LogP contribution in [0.2, 0.25) is 0 Å². The fraction of sp³-hybridized carbons (Fsp3) is 0.438. The van der Waals surface area contributed by atoms with Gasteiger partial charge in [0, 0.05) is 31.5 Å². The van der Waals surface area contributed by atoms with Crippen molar-refractivity contribution in [3.63, 3.8) is 0 Å². The van der Waals surface area contributed by atoms with E-state index >= 15 is 0 Å². The Morgan fingerprint density at radius 1 is 1.40 bits per heavy atom. The van der Waals surface area contributed by atoms with E-state index in [4.69, 9.17) is 9.84 Å². The summed E-state index contributed by atoms with van der Waals surface area (Å²) < 4.78 is 5.40. The van der Waals surface area contributed by atoms with E-state index in [1.807, 2.05) is 32.0 Å². The lowest BCUT2D eigenvalue weighted by molar-refractivity contribution is -0.131. The SMILES string of the molecule is CCOCCN(CC)c1ccc(C)cc1/C=C/C(=O)O. The lowest BCUT2D eigenvalue weighted by atomic mass is 10.1. The van der Waals surface area contributed by atoms with Crippen LogP contribution >= 0.6 is 0 Å². The number of hydrogen-bond donors (Lipinski definition) is 1. The van der Waals surface area contributed by atoms with E-state index in [1.54, 1.807) is 6.08 Å². The van der Waals surface area contributed by atoms with Crippen LogP contribution in [0.3, 0.4) is 0 Å². The van der Waals surface area contributed by atoms with Gasteiger partial charge in [-0.2, -0.15) is 0 Å². The number of carbonyl (C=O) groups is 1. The number of likely N-dealkylation sites (N-methyl/N-ethyl adjacent to an activating group) is 1. The first kappa shape index (κ1) is 16.2. The maximum Gasteiger partial charge on any atom is 0.328 e. The fourth-order valence-electron chi connectivity index (χ4n) is 2.02. The van der Waals surface area contributed by atoms with Gasteiger partial charge in [-0.3, -0.25) is 0 Å². The molecule has 1 aromatic carbocycles. The van der Waals surface area contributed by atoms with Crippen molar-refractivity contribution >= 4 is 17.7 Å². The van der Waals surface area contributed by atoms with Crippen LogP contribution in [0.4, 0.5) is 5.69 Å². The molecule has 0 fully saturated rings. The summed E-state index contributed by atoms with van der Waals surface area (Å²) in [6.45, 7) is 9.07. The zero-order chi connectivity index (χ0) is 15.0. The molecule has 0 heterocycles. The van der Waals surface area contributed by atoms with E-state index in [-0.39, 0.29) is 0 Å². The third-order valence-corrected chi connectivity index (χ3v) is 3.02. The van der Waals surface area contributed by atoms with Gasteiger partial charge < -0.3 is 14.7 Å². The molecule has 0 saturated carbocycles. The average Bonchev–Trinajstić information content (AvgIpc) is 2.42.